The molecule has 0 saturated carbocycles. The van der Waals surface area contributed by atoms with Crippen LogP contribution in [0.15, 0.2) is 46.3 Å². The number of aromatic nitrogens is 1. The molecule has 0 radical (unpaired) electrons. The topological polar surface area (TPSA) is 49.7 Å². The summed E-state index contributed by atoms with van der Waals surface area (Å²) in [7, 11) is 1.63. The molecular weight excluding hydrogens is 402 g/mol. The number of allylic oxidation sites excluding steroid dienone is 3. The van der Waals surface area contributed by atoms with Crippen molar-refractivity contribution in [3.63, 3.8) is 0 Å². The van der Waals surface area contributed by atoms with E-state index in [0.29, 0.717) is 24.7 Å². The van der Waals surface area contributed by atoms with Crippen LogP contribution >= 0.6 is 0 Å². The van der Waals surface area contributed by atoms with Crippen molar-refractivity contribution in [1.29, 1.82) is 0 Å². The standard InChI is InChI=1S/C27H39NO4/c1-8-9-16-28-24-18-22(30-7)13-14-23(24)25(26(27(28)29)32-20(4)5)31-17-15-21(6)12-10-11-19(2)3/h11,13-15,18,20H,8-10,12,16-17H2,1-7H3/b21-15+. The predicted octanol–water partition coefficient (Wildman–Crippen LogP) is 6.67. The number of ether oxygens (including phenoxy) is 3. The summed E-state index contributed by atoms with van der Waals surface area (Å²) < 4.78 is 19.4. The summed E-state index contributed by atoms with van der Waals surface area (Å²) in [5.74, 6) is 1.49. The van der Waals surface area contributed by atoms with Gasteiger partial charge in [-0.25, -0.2) is 0 Å². The smallest absolute Gasteiger partial charge is 0.297 e. The largest absolute Gasteiger partial charge is 0.497 e. The van der Waals surface area contributed by atoms with E-state index in [9.17, 15) is 4.79 Å². The highest BCUT2D eigenvalue weighted by molar-refractivity contribution is 5.89. The highest BCUT2D eigenvalue weighted by Crippen LogP contribution is 2.35. The number of methoxy groups -OCH3 is 1. The molecule has 32 heavy (non-hydrogen) atoms. The molecule has 0 N–H and O–H groups in total. The molecule has 0 aliphatic carbocycles. The van der Waals surface area contributed by atoms with Crippen LogP contribution < -0.4 is 19.8 Å². The van der Waals surface area contributed by atoms with Gasteiger partial charge in [-0.3, -0.25) is 4.79 Å². The van der Waals surface area contributed by atoms with Crippen LogP contribution in [-0.4, -0.2) is 24.4 Å². The molecule has 0 saturated heterocycles. The van der Waals surface area contributed by atoms with Crippen LogP contribution in [0.5, 0.6) is 17.2 Å². The lowest BCUT2D eigenvalue weighted by Gasteiger charge is -2.20. The highest BCUT2D eigenvalue weighted by Gasteiger charge is 2.21. The zero-order valence-electron chi connectivity index (χ0n) is 20.8. The van der Waals surface area contributed by atoms with Crippen molar-refractivity contribution in [3.8, 4) is 17.2 Å². The second-order valence-electron chi connectivity index (χ2n) is 8.70. The molecule has 2 rings (SSSR count). The van der Waals surface area contributed by atoms with Crippen molar-refractivity contribution in [2.24, 2.45) is 0 Å². The van der Waals surface area contributed by atoms with E-state index in [-0.39, 0.29) is 17.4 Å². The Labute approximate surface area is 192 Å². The molecule has 176 valence electrons. The molecule has 0 fully saturated rings. The maximum absolute atomic E-state index is 13.4. The lowest BCUT2D eigenvalue weighted by molar-refractivity contribution is 0.222. The maximum Gasteiger partial charge on any atom is 0.297 e. The van der Waals surface area contributed by atoms with Crippen LogP contribution in [0.2, 0.25) is 0 Å². The summed E-state index contributed by atoms with van der Waals surface area (Å²) in [5, 5.41) is 0.854. The van der Waals surface area contributed by atoms with E-state index in [1.807, 2.05) is 32.0 Å². The number of benzene rings is 1. The Morgan fingerprint density at radius 2 is 1.88 bits per heavy atom. The molecule has 0 amide bonds. The lowest BCUT2D eigenvalue weighted by Crippen LogP contribution is -2.25. The third-order valence-electron chi connectivity index (χ3n) is 5.23. The summed E-state index contributed by atoms with van der Waals surface area (Å²) >= 11 is 0. The van der Waals surface area contributed by atoms with Gasteiger partial charge in [0.1, 0.15) is 12.4 Å². The molecular formula is C27H39NO4. The Kier molecular flexibility index (Phi) is 9.89. The van der Waals surface area contributed by atoms with Crippen molar-refractivity contribution in [2.45, 2.75) is 79.9 Å². The molecule has 1 aromatic carbocycles. The first-order chi connectivity index (χ1) is 15.3. The van der Waals surface area contributed by atoms with Crippen molar-refractivity contribution in [3.05, 3.63) is 51.9 Å². The average Bonchev–Trinajstić information content (AvgIpc) is 2.74. The van der Waals surface area contributed by atoms with Gasteiger partial charge in [0.05, 0.1) is 18.7 Å². The highest BCUT2D eigenvalue weighted by atomic mass is 16.5. The Balaban J connectivity index is 2.49. The molecule has 1 heterocycles. The summed E-state index contributed by atoms with van der Waals surface area (Å²) in [6, 6.07) is 5.74. The fraction of sp³-hybridized carbons (Fsp3) is 0.519. The Bertz CT molecular complexity index is 1010. The third-order valence-corrected chi connectivity index (χ3v) is 5.23. The predicted molar refractivity (Wildman–Crippen MR) is 133 cm³/mol. The molecule has 2 aromatic rings. The van der Waals surface area contributed by atoms with Gasteiger partial charge in [0.25, 0.3) is 5.56 Å². The molecule has 5 heteroatoms. The van der Waals surface area contributed by atoms with E-state index in [2.05, 4.69) is 39.8 Å². The van der Waals surface area contributed by atoms with E-state index < -0.39 is 0 Å². The summed E-state index contributed by atoms with van der Waals surface area (Å²) in [6.45, 7) is 13.3. The van der Waals surface area contributed by atoms with Crippen LogP contribution in [-0.2, 0) is 6.54 Å². The summed E-state index contributed by atoms with van der Waals surface area (Å²) in [4.78, 5) is 13.4. The number of hydrogen-bond acceptors (Lipinski definition) is 4. The van der Waals surface area contributed by atoms with Gasteiger partial charge in [-0.15, -0.1) is 0 Å². The number of rotatable bonds is 12. The Morgan fingerprint density at radius 1 is 1.12 bits per heavy atom. The second kappa shape index (κ2) is 12.4. The van der Waals surface area contributed by atoms with Crippen LogP contribution in [0, 0.1) is 0 Å². The molecule has 0 atom stereocenters. The zero-order chi connectivity index (χ0) is 23.7. The van der Waals surface area contributed by atoms with Crippen molar-refractivity contribution in [1.82, 2.24) is 4.57 Å². The van der Waals surface area contributed by atoms with Gasteiger partial charge >= 0.3 is 0 Å². The van der Waals surface area contributed by atoms with Gasteiger partial charge in [-0.05, 0) is 72.1 Å². The van der Waals surface area contributed by atoms with E-state index in [1.54, 1.807) is 11.7 Å². The minimum Gasteiger partial charge on any atom is -0.497 e. The number of nitrogens with zero attached hydrogens (tertiary/aromatic N) is 1. The van der Waals surface area contributed by atoms with Gasteiger partial charge < -0.3 is 18.8 Å². The van der Waals surface area contributed by atoms with Gasteiger partial charge in [-0.2, -0.15) is 0 Å². The number of aryl methyl sites for hydroxylation is 1. The summed E-state index contributed by atoms with van der Waals surface area (Å²) in [5.41, 5.74) is 3.23. The van der Waals surface area contributed by atoms with Gasteiger partial charge in [0.2, 0.25) is 5.75 Å². The van der Waals surface area contributed by atoms with Crippen molar-refractivity contribution >= 4 is 10.9 Å². The molecule has 0 aliphatic rings. The molecule has 0 bridgehead atoms. The fourth-order valence-electron chi connectivity index (χ4n) is 3.48. The Morgan fingerprint density at radius 3 is 2.50 bits per heavy atom. The van der Waals surface area contributed by atoms with Crippen LogP contribution in [0.3, 0.4) is 0 Å². The number of pyridine rings is 1. The third kappa shape index (κ3) is 6.91. The SMILES string of the molecule is CCCCn1c(=O)c(OC(C)C)c(OC/C=C(\C)CCC=C(C)C)c2ccc(OC)cc21. The van der Waals surface area contributed by atoms with Gasteiger partial charge in [-0.1, -0.05) is 30.6 Å². The first kappa shape index (κ1) is 25.6. The van der Waals surface area contributed by atoms with Gasteiger partial charge in [0.15, 0.2) is 5.75 Å². The van der Waals surface area contributed by atoms with Crippen molar-refractivity contribution < 1.29 is 14.2 Å². The van der Waals surface area contributed by atoms with E-state index in [4.69, 9.17) is 14.2 Å². The molecule has 5 nitrogen and oxygen atoms in total. The monoisotopic (exact) mass is 441 g/mol. The summed E-state index contributed by atoms with van der Waals surface area (Å²) in [6.07, 6.45) is 8.08. The first-order valence-electron chi connectivity index (χ1n) is 11.6. The van der Waals surface area contributed by atoms with E-state index in [1.165, 1.54) is 11.1 Å². The quantitative estimate of drug-likeness (QED) is 0.345. The molecule has 0 unspecified atom stereocenters. The minimum absolute atomic E-state index is 0.137. The van der Waals surface area contributed by atoms with E-state index in [0.717, 1.165) is 36.6 Å². The van der Waals surface area contributed by atoms with Crippen LogP contribution in [0.4, 0.5) is 0 Å². The van der Waals surface area contributed by atoms with Gasteiger partial charge in [0, 0.05) is 18.0 Å². The number of unbranched alkanes of at least 4 members (excludes halogenated alkanes) is 1. The molecule has 1 aromatic heterocycles. The van der Waals surface area contributed by atoms with E-state index >= 15 is 0 Å². The molecule has 0 spiro atoms. The lowest BCUT2D eigenvalue weighted by atomic mass is 10.1. The fourth-order valence-corrected chi connectivity index (χ4v) is 3.48. The first-order valence-corrected chi connectivity index (χ1v) is 11.6. The average molecular weight is 442 g/mol. The number of fused-ring (bicyclic) bond motifs is 1. The maximum atomic E-state index is 13.4. The minimum atomic E-state index is -0.160. The second-order valence-corrected chi connectivity index (χ2v) is 8.70. The number of hydrogen-bond donors (Lipinski definition) is 0. The van der Waals surface area contributed by atoms with Crippen LogP contribution in [0.1, 0.15) is 67.2 Å². The van der Waals surface area contributed by atoms with Crippen LogP contribution in [0.25, 0.3) is 10.9 Å². The zero-order valence-corrected chi connectivity index (χ0v) is 20.8. The normalized spacial score (nSPS) is 11.7. The molecule has 0 aliphatic heterocycles. The Hall–Kier alpha value is -2.69. The van der Waals surface area contributed by atoms with Crippen molar-refractivity contribution in [2.75, 3.05) is 13.7 Å².